The van der Waals surface area contributed by atoms with Gasteiger partial charge in [0.05, 0.1) is 6.10 Å². The van der Waals surface area contributed by atoms with Crippen LogP contribution >= 0.6 is 0 Å². The molecule has 0 aromatic heterocycles. The molecule has 0 amide bonds. The lowest BCUT2D eigenvalue weighted by Crippen LogP contribution is -2.49. The Morgan fingerprint density at radius 1 is 1.24 bits per heavy atom. The molecule has 0 spiro atoms. The number of hydrogen-bond acceptors (Lipinski definition) is 1. The van der Waals surface area contributed by atoms with Crippen LogP contribution in [0.1, 0.15) is 66.7 Å². The van der Waals surface area contributed by atoms with Crippen molar-refractivity contribution < 1.29 is 5.11 Å². The molecule has 1 nitrogen and oxygen atoms in total. The van der Waals surface area contributed by atoms with Gasteiger partial charge in [-0.15, -0.1) is 0 Å². The fourth-order valence-electron chi connectivity index (χ4n) is 4.55. The average molecular weight is 238 g/mol. The van der Waals surface area contributed by atoms with E-state index in [2.05, 4.69) is 27.7 Å². The van der Waals surface area contributed by atoms with Crippen molar-refractivity contribution in [2.45, 2.75) is 72.8 Å². The van der Waals surface area contributed by atoms with Crippen molar-refractivity contribution in [1.82, 2.24) is 0 Å². The van der Waals surface area contributed by atoms with E-state index in [1.807, 2.05) is 6.92 Å². The maximum absolute atomic E-state index is 10.2. The Morgan fingerprint density at radius 3 is 2.47 bits per heavy atom. The van der Waals surface area contributed by atoms with Gasteiger partial charge in [-0.1, -0.05) is 40.5 Å². The van der Waals surface area contributed by atoms with Gasteiger partial charge in [-0.3, -0.25) is 0 Å². The summed E-state index contributed by atoms with van der Waals surface area (Å²) in [5.74, 6) is 2.41. The lowest BCUT2D eigenvalue weighted by Gasteiger charge is -2.55. The standard InChI is InChI=1S/C16H30O/c1-11-9-13-7-6-8-15(3,4)14(13)10-16(11,5)12(2)17/h11-14,17H,6-10H2,1-5H3/t11-,12+,13-,14+,16+/m0/s1. The van der Waals surface area contributed by atoms with Crippen molar-refractivity contribution >= 4 is 0 Å². The van der Waals surface area contributed by atoms with Crippen LogP contribution in [-0.2, 0) is 0 Å². The largest absolute Gasteiger partial charge is 0.393 e. The van der Waals surface area contributed by atoms with Gasteiger partial charge in [0.25, 0.3) is 0 Å². The molecule has 2 rings (SSSR count). The first kappa shape index (κ1) is 13.4. The van der Waals surface area contributed by atoms with Crippen LogP contribution in [0.4, 0.5) is 0 Å². The summed E-state index contributed by atoms with van der Waals surface area (Å²) in [5.41, 5.74) is 0.620. The summed E-state index contributed by atoms with van der Waals surface area (Å²) >= 11 is 0. The molecule has 0 bridgehead atoms. The molecule has 100 valence electrons. The van der Waals surface area contributed by atoms with Gasteiger partial charge in [0.1, 0.15) is 0 Å². The van der Waals surface area contributed by atoms with E-state index in [9.17, 15) is 5.11 Å². The molecule has 0 aromatic rings. The molecule has 0 saturated heterocycles. The summed E-state index contributed by atoms with van der Waals surface area (Å²) < 4.78 is 0. The molecule has 1 N–H and O–H groups in total. The number of rotatable bonds is 1. The van der Waals surface area contributed by atoms with Crippen molar-refractivity contribution in [2.24, 2.45) is 28.6 Å². The van der Waals surface area contributed by atoms with Gasteiger partial charge in [0.15, 0.2) is 0 Å². The quantitative estimate of drug-likeness (QED) is 0.724. The van der Waals surface area contributed by atoms with Crippen molar-refractivity contribution in [3.05, 3.63) is 0 Å². The molecule has 2 saturated carbocycles. The first-order valence-electron chi connectivity index (χ1n) is 7.45. The minimum absolute atomic E-state index is 0.135. The number of hydrogen-bond donors (Lipinski definition) is 1. The molecular formula is C16H30O. The van der Waals surface area contributed by atoms with Gasteiger partial charge in [-0.05, 0) is 54.8 Å². The average Bonchev–Trinajstić information content (AvgIpc) is 2.21. The third-order valence-corrected chi connectivity index (χ3v) is 6.37. The Balaban J connectivity index is 2.23. The molecule has 2 fully saturated rings. The lowest BCUT2D eigenvalue weighted by molar-refractivity contribution is -0.0951. The van der Waals surface area contributed by atoms with Crippen LogP contribution in [0, 0.1) is 28.6 Å². The van der Waals surface area contributed by atoms with Crippen LogP contribution < -0.4 is 0 Å². The Bertz CT molecular complexity index is 281. The Kier molecular flexibility index (Phi) is 3.36. The Labute approximate surface area is 107 Å². The fourth-order valence-corrected chi connectivity index (χ4v) is 4.55. The van der Waals surface area contributed by atoms with Gasteiger partial charge in [-0.2, -0.15) is 0 Å². The molecule has 0 aromatic carbocycles. The summed E-state index contributed by atoms with van der Waals surface area (Å²) in [6.45, 7) is 11.5. The number of fused-ring (bicyclic) bond motifs is 1. The maximum atomic E-state index is 10.2. The van der Waals surface area contributed by atoms with Crippen LogP contribution in [0.2, 0.25) is 0 Å². The van der Waals surface area contributed by atoms with Crippen molar-refractivity contribution in [1.29, 1.82) is 0 Å². The van der Waals surface area contributed by atoms with Crippen LogP contribution in [0.5, 0.6) is 0 Å². The molecule has 0 radical (unpaired) electrons. The van der Waals surface area contributed by atoms with E-state index in [0.717, 1.165) is 11.8 Å². The summed E-state index contributed by atoms with van der Waals surface area (Å²) in [7, 11) is 0. The molecule has 0 aliphatic heterocycles. The van der Waals surface area contributed by atoms with Gasteiger partial charge < -0.3 is 5.11 Å². The highest BCUT2D eigenvalue weighted by atomic mass is 16.3. The summed E-state index contributed by atoms with van der Waals surface area (Å²) in [5, 5.41) is 10.2. The molecule has 0 heterocycles. The molecule has 2 aliphatic carbocycles. The van der Waals surface area contributed by atoms with Crippen molar-refractivity contribution in [3.8, 4) is 0 Å². The van der Waals surface area contributed by atoms with E-state index < -0.39 is 0 Å². The minimum atomic E-state index is -0.170. The first-order chi connectivity index (χ1) is 7.77. The molecule has 1 heteroatoms. The highest BCUT2D eigenvalue weighted by molar-refractivity contribution is 5.00. The highest BCUT2D eigenvalue weighted by Crippen LogP contribution is 2.57. The van der Waals surface area contributed by atoms with E-state index in [1.165, 1.54) is 32.1 Å². The number of aliphatic hydroxyl groups is 1. The zero-order valence-corrected chi connectivity index (χ0v) is 12.3. The predicted octanol–water partition coefficient (Wildman–Crippen LogP) is 4.25. The smallest absolute Gasteiger partial charge is 0.0568 e. The summed E-state index contributed by atoms with van der Waals surface area (Å²) in [6.07, 6.45) is 6.59. The van der Waals surface area contributed by atoms with Crippen LogP contribution in [-0.4, -0.2) is 11.2 Å². The summed E-state index contributed by atoms with van der Waals surface area (Å²) in [4.78, 5) is 0. The van der Waals surface area contributed by atoms with Crippen LogP contribution in [0.15, 0.2) is 0 Å². The Morgan fingerprint density at radius 2 is 1.88 bits per heavy atom. The molecule has 17 heavy (non-hydrogen) atoms. The zero-order chi connectivity index (χ0) is 12.8. The third kappa shape index (κ3) is 2.16. The van der Waals surface area contributed by atoms with Crippen LogP contribution in [0.25, 0.3) is 0 Å². The minimum Gasteiger partial charge on any atom is -0.393 e. The maximum Gasteiger partial charge on any atom is 0.0568 e. The van der Waals surface area contributed by atoms with Crippen molar-refractivity contribution in [3.63, 3.8) is 0 Å². The fraction of sp³-hybridized carbons (Fsp3) is 1.00. The van der Waals surface area contributed by atoms with E-state index in [0.29, 0.717) is 11.3 Å². The van der Waals surface area contributed by atoms with E-state index in [4.69, 9.17) is 0 Å². The monoisotopic (exact) mass is 238 g/mol. The Hall–Kier alpha value is -0.0400. The lowest BCUT2D eigenvalue weighted by atomic mass is 9.50. The van der Waals surface area contributed by atoms with Gasteiger partial charge >= 0.3 is 0 Å². The van der Waals surface area contributed by atoms with Gasteiger partial charge in [-0.25, -0.2) is 0 Å². The normalized spacial score (nSPS) is 47.3. The molecule has 0 unspecified atom stereocenters. The zero-order valence-electron chi connectivity index (χ0n) is 12.3. The summed E-state index contributed by atoms with van der Waals surface area (Å²) in [6, 6.07) is 0. The van der Waals surface area contributed by atoms with E-state index >= 15 is 0 Å². The van der Waals surface area contributed by atoms with E-state index in [1.54, 1.807) is 0 Å². The second-order valence-electron chi connectivity index (χ2n) is 7.77. The SMILES string of the molecule is C[C@@H](O)[C@]1(C)C[C@@H]2[C@@H](CCCC2(C)C)C[C@@H]1C. The topological polar surface area (TPSA) is 20.2 Å². The van der Waals surface area contributed by atoms with Crippen molar-refractivity contribution in [2.75, 3.05) is 0 Å². The predicted molar refractivity (Wildman–Crippen MR) is 72.8 cm³/mol. The van der Waals surface area contributed by atoms with Crippen LogP contribution in [0.3, 0.4) is 0 Å². The number of aliphatic hydroxyl groups excluding tert-OH is 1. The molecule has 2 aliphatic rings. The molecule has 5 atom stereocenters. The van der Waals surface area contributed by atoms with Gasteiger partial charge in [0, 0.05) is 0 Å². The van der Waals surface area contributed by atoms with E-state index in [-0.39, 0.29) is 11.5 Å². The van der Waals surface area contributed by atoms with Gasteiger partial charge in [0.2, 0.25) is 0 Å². The molecular weight excluding hydrogens is 208 g/mol. The first-order valence-corrected chi connectivity index (χ1v) is 7.45. The second kappa shape index (κ2) is 4.26. The third-order valence-electron chi connectivity index (χ3n) is 6.37. The highest BCUT2D eigenvalue weighted by Gasteiger charge is 2.50. The second-order valence-corrected chi connectivity index (χ2v) is 7.77.